The predicted molar refractivity (Wildman–Crippen MR) is 125 cm³/mol. The molecule has 0 heterocycles. The molecule has 5 aliphatic rings. The van der Waals surface area contributed by atoms with Crippen LogP contribution in [0, 0.1) is 40.4 Å². The lowest BCUT2D eigenvalue weighted by atomic mass is 9.46. The van der Waals surface area contributed by atoms with Gasteiger partial charge < -0.3 is 15.3 Å². The van der Waals surface area contributed by atoms with E-state index in [1.165, 1.54) is 5.57 Å². The van der Waals surface area contributed by atoms with E-state index in [-0.39, 0.29) is 48.1 Å². The lowest BCUT2D eigenvalue weighted by Gasteiger charge is -2.60. The maximum Gasteiger partial charge on any atom is 0.170 e. The molecular formula is C28H40O5. The summed E-state index contributed by atoms with van der Waals surface area (Å²) in [6, 6.07) is 0. The molecule has 5 heteroatoms. The molecule has 33 heavy (non-hydrogen) atoms. The van der Waals surface area contributed by atoms with Crippen molar-refractivity contribution in [1.82, 2.24) is 0 Å². The van der Waals surface area contributed by atoms with Gasteiger partial charge in [-0.25, -0.2) is 0 Å². The smallest absolute Gasteiger partial charge is 0.170 e. The van der Waals surface area contributed by atoms with Gasteiger partial charge in [0.1, 0.15) is 5.78 Å². The minimum absolute atomic E-state index is 0.0271. The molecule has 0 aromatic heterocycles. The summed E-state index contributed by atoms with van der Waals surface area (Å²) >= 11 is 0. The van der Waals surface area contributed by atoms with E-state index < -0.39 is 22.7 Å². The largest absolute Gasteiger partial charge is 0.393 e. The number of ketones is 2. The second-order valence-electron chi connectivity index (χ2n) is 12.6. The van der Waals surface area contributed by atoms with Crippen LogP contribution in [-0.4, -0.2) is 44.2 Å². The number of carbonyl (C=O) groups is 2. The van der Waals surface area contributed by atoms with Gasteiger partial charge in [-0.05, 0) is 60.8 Å². The van der Waals surface area contributed by atoms with E-state index in [2.05, 4.69) is 27.7 Å². The van der Waals surface area contributed by atoms with Gasteiger partial charge in [0.25, 0.3) is 0 Å². The zero-order valence-corrected chi connectivity index (χ0v) is 20.7. The Morgan fingerprint density at radius 1 is 1.09 bits per heavy atom. The lowest BCUT2D eigenvalue weighted by molar-refractivity contribution is -0.190. The number of allylic oxidation sites excluding steroid dienone is 1. The molecule has 0 amide bonds. The summed E-state index contributed by atoms with van der Waals surface area (Å²) in [5.41, 5.74) is -2.84. The number of carbonyl (C=O) groups excluding carboxylic acids is 2. The molecular weight excluding hydrogens is 416 g/mol. The monoisotopic (exact) mass is 456 g/mol. The molecule has 0 radical (unpaired) electrons. The van der Waals surface area contributed by atoms with Crippen molar-refractivity contribution < 1.29 is 24.9 Å². The summed E-state index contributed by atoms with van der Waals surface area (Å²) in [6.45, 7) is 10.4. The molecule has 3 fully saturated rings. The summed E-state index contributed by atoms with van der Waals surface area (Å²) in [4.78, 5) is 26.1. The second-order valence-corrected chi connectivity index (χ2v) is 12.6. The Morgan fingerprint density at radius 2 is 1.79 bits per heavy atom. The fourth-order valence-electron chi connectivity index (χ4n) is 8.68. The van der Waals surface area contributed by atoms with Gasteiger partial charge in [-0.2, -0.15) is 0 Å². The van der Waals surface area contributed by atoms with Crippen LogP contribution in [0.1, 0.15) is 79.6 Å². The van der Waals surface area contributed by atoms with Gasteiger partial charge in [0.2, 0.25) is 0 Å². The average Bonchev–Trinajstić information content (AvgIpc) is 3.23. The minimum Gasteiger partial charge on any atom is -0.393 e. The third kappa shape index (κ3) is 2.70. The summed E-state index contributed by atoms with van der Waals surface area (Å²) in [6.07, 6.45) is 6.43. The van der Waals surface area contributed by atoms with Crippen molar-refractivity contribution >= 4 is 11.6 Å². The van der Waals surface area contributed by atoms with Crippen LogP contribution in [-0.2, 0) is 9.59 Å². The maximum atomic E-state index is 14.0. The number of rotatable bonds is 3. The van der Waals surface area contributed by atoms with Crippen LogP contribution < -0.4 is 0 Å². The number of hydrogen-bond donors (Lipinski definition) is 3. The molecule has 5 aliphatic carbocycles. The van der Waals surface area contributed by atoms with E-state index in [1.54, 1.807) is 19.1 Å². The first kappa shape index (κ1) is 23.4. The van der Waals surface area contributed by atoms with Crippen molar-refractivity contribution in [2.45, 2.75) is 96.9 Å². The molecule has 0 unspecified atom stereocenters. The van der Waals surface area contributed by atoms with Gasteiger partial charge in [-0.1, -0.05) is 52.3 Å². The van der Waals surface area contributed by atoms with Crippen molar-refractivity contribution in [3.63, 3.8) is 0 Å². The number of hydrogen-bond acceptors (Lipinski definition) is 5. The van der Waals surface area contributed by atoms with Gasteiger partial charge in [-0.3, -0.25) is 9.59 Å². The van der Waals surface area contributed by atoms with Gasteiger partial charge in [-0.15, -0.1) is 0 Å². The van der Waals surface area contributed by atoms with E-state index in [4.69, 9.17) is 0 Å². The minimum atomic E-state index is -1.77. The van der Waals surface area contributed by atoms with Crippen LogP contribution >= 0.6 is 0 Å². The summed E-state index contributed by atoms with van der Waals surface area (Å²) < 4.78 is 0. The molecule has 0 aliphatic heterocycles. The summed E-state index contributed by atoms with van der Waals surface area (Å²) in [5, 5.41) is 34.9. The molecule has 3 N–H and O–H groups in total. The summed E-state index contributed by atoms with van der Waals surface area (Å²) in [7, 11) is 0. The molecule has 5 nitrogen and oxygen atoms in total. The van der Waals surface area contributed by atoms with E-state index in [0.29, 0.717) is 29.7 Å². The Labute approximate surface area is 197 Å². The Balaban J connectivity index is 1.62. The SMILES string of the molecule is CC(C)[C@@H](C)[C@H](O)[C@@H]1C[C@@]23CC(=O)[C@]4(O)C(=C2CC[C@@H]3[C@@H]1C)C=C[C@]1(O)CC(=O)CC[C@]41C. The predicted octanol–water partition coefficient (Wildman–Crippen LogP) is 3.75. The van der Waals surface area contributed by atoms with Crippen LogP contribution in [0.15, 0.2) is 23.3 Å². The van der Waals surface area contributed by atoms with Gasteiger partial charge in [0.05, 0.1) is 11.7 Å². The quantitative estimate of drug-likeness (QED) is 0.601. The Morgan fingerprint density at radius 3 is 2.45 bits per heavy atom. The third-order valence-electron chi connectivity index (χ3n) is 11.2. The first-order valence-corrected chi connectivity index (χ1v) is 12.9. The van der Waals surface area contributed by atoms with Crippen molar-refractivity contribution in [3.8, 4) is 0 Å². The van der Waals surface area contributed by atoms with Gasteiger partial charge >= 0.3 is 0 Å². The van der Waals surface area contributed by atoms with E-state index in [1.807, 2.05) is 0 Å². The van der Waals surface area contributed by atoms with Crippen molar-refractivity contribution in [3.05, 3.63) is 23.3 Å². The molecule has 0 saturated heterocycles. The number of Topliss-reactive ketones (excluding diaryl/α,β-unsaturated/α-hetero) is 2. The Bertz CT molecular complexity index is 963. The van der Waals surface area contributed by atoms with Crippen LogP contribution in [0.4, 0.5) is 0 Å². The zero-order valence-electron chi connectivity index (χ0n) is 20.7. The van der Waals surface area contributed by atoms with Crippen LogP contribution in [0.3, 0.4) is 0 Å². The highest BCUT2D eigenvalue weighted by Gasteiger charge is 2.72. The molecule has 0 bridgehead atoms. The molecule has 1 spiro atoms. The number of fused-ring (bicyclic) bond motifs is 3. The average molecular weight is 457 g/mol. The standard InChI is InChI=1S/C28H40O5/c1-15(2)16(3)24(31)19-13-26-14-23(30)28(33)22(21(26)7-6-20(26)17(19)4)9-11-27(32)12-18(29)8-10-25(27,28)5/h9,11,15-17,19-20,24,31-33H,6-8,10,12-14H2,1-5H3/t16-,17-,19-,20-,24+,25+,26+,27+,28-/m1/s1. The fourth-order valence-corrected chi connectivity index (χ4v) is 8.68. The first-order valence-electron chi connectivity index (χ1n) is 12.9. The highest BCUT2D eigenvalue weighted by molar-refractivity contribution is 5.97. The Kier molecular flexibility index (Phi) is 5.05. The molecule has 182 valence electrons. The van der Waals surface area contributed by atoms with Crippen molar-refractivity contribution in [2.24, 2.45) is 40.4 Å². The first-order chi connectivity index (χ1) is 15.3. The molecule has 0 aromatic rings. The van der Waals surface area contributed by atoms with Gasteiger partial charge in [0, 0.05) is 30.1 Å². The highest BCUT2D eigenvalue weighted by atomic mass is 16.3. The van der Waals surface area contributed by atoms with Gasteiger partial charge in [0.15, 0.2) is 11.4 Å². The maximum absolute atomic E-state index is 14.0. The summed E-state index contributed by atoms with van der Waals surface area (Å²) in [5.74, 6) is 1.09. The van der Waals surface area contributed by atoms with Crippen molar-refractivity contribution in [2.75, 3.05) is 0 Å². The van der Waals surface area contributed by atoms with Crippen LogP contribution in [0.25, 0.3) is 0 Å². The number of aliphatic hydroxyl groups excluding tert-OH is 1. The second kappa shape index (κ2) is 7.11. The molecule has 9 atom stereocenters. The number of aliphatic hydroxyl groups is 3. The van der Waals surface area contributed by atoms with Crippen molar-refractivity contribution in [1.29, 1.82) is 0 Å². The van der Waals surface area contributed by atoms with E-state index in [9.17, 15) is 24.9 Å². The zero-order chi connectivity index (χ0) is 24.1. The highest BCUT2D eigenvalue weighted by Crippen LogP contribution is 2.70. The molecule has 0 aromatic carbocycles. The van der Waals surface area contributed by atoms with E-state index >= 15 is 0 Å². The molecule has 5 rings (SSSR count). The Hall–Kier alpha value is -1.30. The van der Waals surface area contributed by atoms with Crippen LogP contribution in [0.5, 0.6) is 0 Å². The topological polar surface area (TPSA) is 94.8 Å². The lowest BCUT2D eigenvalue weighted by Crippen LogP contribution is -2.69. The normalized spacial score (nSPS) is 48.5. The third-order valence-corrected chi connectivity index (χ3v) is 11.2. The fraction of sp³-hybridized carbons (Fsp3) is 0.786. The van der Waals surface area contributed by atoms with E-state index in [0.717, 1.165) is 19.3 Å². The molecule has 3 saturated carbocycles. The van der Waals surface area contributed by atoms with Crippen LogP contribution in [0.2, 0.25) is 0 Å².